The summed E-state index contributed by atoms with van der Waals surface area (Å²) in [5.74, 6) is 1.36. The summed E-state index contributed by atoms with van der Waals surface area (Å²) < 4.78 is 16.6. The molecule has 1 aromatic heterocycles. The predicted molar refractivity (Wildman–Crippen MR) is 128 cm³/mol. The van der Waals surface area contributed by atoms with Crippen LogP contribution < -0.4 is 9.47 Å². The van der Waals surface area contributed by atoms with Crippen LogP contribution in [0.1, 0.15) is 34.1 Å². The number of rotatable bonds is 8. The Morgan fingerprint density at radius 3 is 2.59 bits per heavy atom. The zero-order valence-corrected chi connectivity index (χ0v) is 19.6. The van der Waals surface area contributed by atoms with Crippen molar-refractivity contribution in [3.05, 3.63) is 65.4 Å². The summed E-state index contributed by atoms with van der Waals surface area (Å²) in [5, 5.41) is 7.58. The van der Waals surface area contributed by atoms with E-state index in [2.05, 4.69) is 15.1 Å². The SMILES string of the molecule is COc1ccc(C2c3c(-c4ccccc4)n[nH]c3C(=O)N2CCCN2CCOCC2)c(OC)c1. The highest BCUT2D eigenvalue weighted by molar-refractivity contribution is 6.00. The number of aromatic nitrogens is 2. The minimum absolute atomic E-state index is 0.0328. The first-order valence-electron chi connectivity index (χ1n) is 11.7. The molecule has 0 spiro atoms. The third-order valence-electron chi connectivity index (χ3n) is 6.62. The van der Waals surface area contributed by atoms with Crippen LogP contribution in [0, 0.1) is 0 Å². The topological polar surface area (TPSA) is 79.9 Å². The lowest BCUT2D eigenvalue weighted by Crippen LogP contribution is -2.38. The first kappa shape index (κ1) is 22.4. The molecule has 34 heavy (non-hydrogen) atoms. The molecule has 5 rings (SSSR count). The second-order valence-electron chi connectivity index (χ2n) is 8.54. The number of hydrogen-bond donors (Lipinski definition) is 1. The van der Waals surface area contributed by atoms with Crippen molar-refractivity contribution in [2.45, 2.75) is 12.5 Å². The molecule has 1 saturated heterocycles. The molecule has 178 valence electrons. The molecular formula is C26H30N4O4. The van der Waals surface area contributed by atoms with Crippen molar-refractivity contribution < 1.29 is 19.0 Å². The summed E-state index contributed by atoms with van der Waals surface area (Å²) in [4.78, 5) is 17.9. The Kier molecular flexibility index (Phi) is 6.51. The van der Waals surface area contributed by atoms with Gasteiger partial charge in [0.25, 0.3) is 5.91 Å². The number of morpholine rings is 1. The van der Waals surface area contributed by atoms with Gasteiger partial charge in [-0.3, -0.25) is 14.8 Å². The number of ether oxygens (including phenoxy) is 3. The average Bonchev–Trinajstić information content (AvgIpc) is 3.44. The largest absolute Gasteiger partial charge is 0.497 e. The Bertz CT molecular complexity index is 1140. The molecule has 0 bridgehead atoms. The Labute approximate surface area is 199 Å². The number of benzene rings is 2. The number of carbonyl (C=O) groups excluding carboxylic acids is 1. The molecule has 1 amide bonds. The van der Waals surface area contributed by atoms with E-state index in [9.17, 15) is 4.79 Å². The van der Waals surface area contributed by atoms with E-state index in [0.717, 1.165) is 61.7 Å². The highest BCUT2D eigenvalue weighted by atomic mass is 16.5. The maximum Gasteiger partial charge on any atom is 0.273 e. The highest BCUT2D eigenvalue weighted by Crippen LogP contribution is 2.46. The van der Waals surface area contributed by atoms with Gasteiger partial charge in [0, 0.05) is 48.9 Å². The van der Waals surface area contributed by atoms with Crippen LogP contribution in [0.15, 0.2) is 48.5 Å². The smallest absolute Gasteiger partial charge is 0.273 e. The van der Waals surface area contributed by atoms with Gasteiger partial charge in [0.05, 0.1) is 39.2 Å². The minimum Gasteiger partial charge on any atom is -0.497 e. The fraction of sp³-hybridized carbons (Fsp3) is 0.385. The van der Waals surface area contributed by atoms with Gasteiger partial charge in [-0.2, -0.15) is 5.10 Å². The molecule has 2 aliphatic heterocycles. The summed E-state index contributed by atoms with van der Waals surface area (Å²) in [5.41, 5.74) is 4.13. The Morgan fingerprint density at radius 1 is 1.06 bits per heavy atom. The molecule has 8 heteroatoms. The van der Waals surface area contributed by atoms with Crippen molar-refractivity contribution in [1.82, 2.24) is 20.0 Å². The molecule has 3 heterocycles. The van der Waals surface area contributed by atoms with E-state index in [0.29, 0.717) is 23.7 Å². The Balaban J connectivity index is 1.52. The lowest BCUT2D eigenvalue weighted by Gasteiger charge is -2.30. The number of H-pyrrole nitrogens is 1. The van der Waals surface area contributed by atoms with Gasteiger partial charge in [-0.25, -0.2) is 0 Å². The lowest BCUT2D eigenvalue weighted by atomic mass is 9.95. The molecule has 1 atom stereocenters. The van der Waals surface area contributed by atoms with Crippen LogP contribution in [-0.4, -0.2) is 79.5 Å². The van der Waals surface area contributed by atoms with Crippen molar-refractivity contribution in [1.29, 1.82) is 0 Å². The maximum absolute atomic E-state index is 13.6. The molecular weight excluding hydrogens is 432 g/mol. The van der Waals surface area contributed by atoms with Gasteiger partial charge in [0.2, 0.25) is 0 Å². The minimum atomic E-state index is -0.304. The molecule has 0 radical (unpaired) electrons. The monoisotopic (exact) mass is 462 g/mol. The number of aromatic amines is 1. The van der Waals surface area contributed by atoms with Crippen LogP contribution in [0.5, 0.6) is 11.5 Å². The third kappa shape index (κ3) is 4.15. The van der Waals surface area contributed by atoms with Crippen molar-refractivity contribution in [2.75, 3.05) is 53.6 Å². The normalized spacial score (nSPS) is 18.2. The van der Waals surface area contributed by atoms with Crippen LogP contribution in [0.2, 0.25) is 0 Å². The molecule has 8 nitrogen and oxygen atoms in total. The van der Waals surface area contributed by atoms with Crippen LogP contribution in [0.3, 0.4) is 0 Å². The van der Waals surface area contributed by atoms with E-state index in [1.54, 1.807) is 14.2 Å². The number of fused-ring (bicyclic) bond motifs is 1. The molecule has 0 saturated carbocycles. The second-order valence-corrected chi connectivity index (χ2v) is 8.54. The number of hydrogen-bond acceptors (Lipinski definition) is 6. The molecule has 1 N–H and O–H groups in total. The van der Waals surface area contributed by atoms with Crippen molar-refractivity contribution in [3.63, 3.8) is 0 Å². The molecule has 0 aliphatic carbocycles. The van der Waals surface area contributed by atoms with E-state index in [1.165, 1.54) is 0 Å². The van der Waals surface area contributed by atoms with Gasteiger partial charge in [-0.05, 0) is 18.6 Å². The summed E-state index contributed by atoms with van der Waals surface area (Å²) in [6.07, 6.45) is 0.874. The fourth-order valence-corrected chi connectivity index (χ4v) is 4.90. The van der Waals surface area contributed by atoms with E-state index < -0.39 is 0 Å². The van der Waals surface area contributed by atoms with Gasteiger partial charge in [0.1, 0.15) is 17.2 Å². The standard InChI is InChI=1S/C26H30N4O4/c1-32-19-9-10-20(21(17-19)33-2)25-22-23(18-7-4-3-5-8-18)27-28-24(22)26(31)30(25)12-6-11-29-13-15-34-16-14-29/h3-5,7-10,17,25H,6,11-16H2,1-2H3,(H,27,28). The maximum atomic E-state index is 13.6. The van der Waals surface area contributed by atoms with Gasteiger partial charge in [0.15, 0.2) is 0 Å². The van der Waals surface area contributed by atoms with E-state index >= 15 is 0 Å². The quantitative estimate of drug-likeness (QED) is 0.553. The van der Waals surface area contributed by atoms with Crippen molar-refractivity contribution in [2.24, 2.45) is 0 Å². The number of amides is 1. The fourth-order valence-electron chi connectivity index (χ4n) is 4.90. The summed E-state index contributed by atoms with van der Waals surface area (Å²) in [7, 11) is 3.28. The first-order valence-corrected chi connectivity index (χ1v) is 11.7. The number of nitrogens with one attached hydrogen (secondary N) is 1. The van der Waals surface area contributed by atoms with Crippen LogP contribution >= 0.6 is 0 Å². The number of methoxy groups -OCH3 is 2. The van der Waals surface area contributed by atoms with Crippen LogP contribution in [-0.2, 0) is 4.74 Å². The summed E-state index contributed by atoms with van der Waals surface area (Å²) >= 11 is 0. The molecule has 3 aromatic rings. The van der Waals surface area contributed by atoms with E-state index in [-0.39, 0.29) is 11.9 Å². The van der Waals surface area contributed by atoms with Crippen molar-refractivity contribution in [3.8, 4) is 22.8 Å². The Morgan fingerprint density at radius 2 is 1.85 bits per heavy atom. The van der Waals surface area contributed by atoms with E-state index in [4.69, 9.17) is 14.2 Å². The zero-order chi connectivity index (χ0) is 23.5. The van der Waals surface area contributed by atoms with Crippen LogP contribution in [0.25, 0.3) is 11.3 Å². The summed E-state index contributed by atoms with van der Waals surface area (Å²) in [6.45, 7) is 4.97. The number of carbonyl (C=O) groups is 1. The predicted octanol–water partition coefficient (Wildman–Crippen LogP) is 3.36. The third-order valence-corrected chi connectivity index (χ3v) is 6.62. The van der Waals surface area contributed by atoms with Gasteiger partial charge in [-0.15, -0.1) is 0 Å². The first-order chi connectivity index (χ1) is 16.7. The average molecular weight is 463 g/mol. The van der Waals surface area contributed by atoms with Gasteiger partial charge >= 0.3 is 0 Å². The molecule has 1 fully saturated rings. The van der Waals surface area contributed by atoms with Gasteiger partial charge in [-0.1, -0.05) is 30.3 Å². The zero-order valence-electron chi connectivity index (χ0n) is 19.6. The van der Waals surface area contributed by atoms with Gasteiger partial charge < -0.3 is 19.1 Å². The number of nitrogens with zero attached hydrogens (tertiary/aromatic N) is 3. The molecule has 1 unspecified atom stereocenters. The molecule has 2 aliphatic rings. The lowest BCUT2D eigenvalue weighted by molar-refractivity contribution is 0.0354. The highest BCUT2D eigenvalue weighted by Gasteiger charge is 2.43. The van der Waals surface area contributed by atoms with E-state index in [1.807, 2.05) is 53.4 Å². The second kappa shape index (κ2) is 9.87. The Hall–Kier alpha value is -3.36. The molecule has 2 aromatic carbocycles. The van der Waals surface area contributed by atoms with Crippen molar-refractivity contribution >= 4 is 5.91 Å². The van der Waals surface area contributed by atoms with Crippen LogP contribution in [0.4, 0.5) is 0 Å². The summed E-state index contributed by atoms with van der Waals surface area (Å²) in [6, 6.07) is 15.4.